The smallest absolute Gasteiger partial charge is 0.431 e. The van der Waals surface area contributed by atoms with Crippen molar-refractivity contribution < 1.29 is 28.2 Å². The highest BCUT2D eigenvalue weighted by molar-refractivity contribution is 5.73. The molecule has 0 bridgehead atoms. The van der Waals surface area contributed by atoms with Gasteiger partial charge in [0, 0.05) is 32.5 Å². The van der Waals surface area contributed by atoms with Gasteiger partial charge >= 0.3 is 6.09 Å². The Morgan fingerprint density at radius 3 is 2.61 bits per heavy atom. The van der Waals surface area contributed by atoms with Gasteiger partial charge in [0.15, 0.2) is 6.09 Å². The highest BCUT2D eigenvalue weighted by atomic mass is 19.3. The Hall–Kier alpha value is -2.42. The highest BCUT2D eigenvalue weighted by Crippen LogP contribution is 2.28. The number of nitrogens with one attached hydrogen (secondary N) is 2. The molecule has 2 amide bonds. The number of benzene rings is 1. The van der Waals surface area contributed by atoms with E-state index in [2.05, 4.69) is 0 Å². The summed E-state index contributed by atoms with van der Waals surface area (Å²) in [6, 6.07) is 6.55. The molecular weight excluding hydrogens is 312 g/mol. The van der Waals surface area contributed by atoms with Gasteiger partial charge in [0.25, 0.3) is 5.92 Å². The molecule has 1 aromatic rings. The first-order chi connectivity index (χ1) is 10.8. The van der Waals surface area contributed by atoms with Gasteiger partial charge in [-0.05, 0) is 17.7 Å². The number of carbonyl (C=O) groups excluding carboxylic acids is 2. The van der Waals surface area contributed by atoms with E-state index in [4.69, 9.17) is 4.74 Å². The largest absolute Gasteiger partial charge is 0.529 e. The number of likely N-dealkylation sites (tertiary alicyclic amines) is 1. The Morgan fingerprint density at radius 2 is 1.96 bits per heavy atom. The fraction of sp³-hybridized carbons (Fsp3) is 0.429. The third kappa shape index (κ3) is 5.70. The zero-order valence-electron chi connectivity index (χ0n) is 12.2. The molecule has 0 aromatic heterocycles. The molecule has 1 aliphatic rings. The molecule has 126 valence electrons. The zero-order valence-corrected chi connectivity index (χ0v) is 12.2. The Labute approximate surface area is 131 Å². The van der Waals surface area contributed by atoms with Crippen LogP contribution in [0.2, 0.25) is 0 Å². The second kappa shape index (κ2) is 7.23. The first-order valence-corrected chi connectivity index (χ1v) is 6.98. The summed E-state index contributed by atoms with van der Waals surface area (Å²) in [5.74, 6) is -2.38. The third-order valence-electron chi connectivity index (χ3n) is 3.37. The number of halogens is 2. The average Bonchev–Trinajstić information content (AvgIpc) is 2.48. The topological polar surface area (TPSA) is 93.7 Å². The predicted molar refractivity (Wildman–Crippen MR) is 73.6 cm³/mol. The first-order valence-electron chi connectivity index (χ1n) is 6.98. The Morgan fingerprint density at radius 1 is 1.26 bits per heavy atom. The summed E-state index contributed by atoms with van der Waals surface area (Å²) < 4.78 is 31.1. The minimum Gasteiger partial charge on any atom is -0.529 e. The lowest BCUT2D eigenvalue weighted by Gasteiger charge is -2.31. The van der Waals surface area contributed by atoms with Crippen LogP contribution in [0.5, 0.6) is 5.75 Å². The molecule has 0 aliphatic carbocycles. The number of carbonyl (C=O) groups is 2. The molecule has 23 heavy (non-hydrogen) atoms. The molecule has 1 fully saturated rings. The summed E-state index contributed by atoms with van der Waals surface area (Å²) in [4.78, 5) is 23.3. The number of piperidine rings is 1. The summed E-state index contributed by atoms with van der Waals surface area (Å²) >= 11 is 0. The van der Waals surface area contributed by atoms with Crippen molar-refractivity contribution in [3.8, 4) is 5.75 Å². The van der Waals surface area contributed by atoms with E-state index in [1.54, 1.807) is 29.1 Å². The number of amides is 2. The number of ether oxygens (including phenoxy) is 1. The minimum atomic E-state index is -2.59. The molecule has 1 aliphatic heterocycles. The van der Waals surface area contributed by atoms with Crippen LogP contribution in [-0.2, 0) is 6.54 Å². The van der Waals surface area contributed by atoms with Crippen molar-refractivity contribution >= 4 is 12.2 Å². The van der Waals surface area contributed by atoms with E-state index in [1.165, 1.54) is 6.07 Å². The zero-order chi connectivity index (χ0) is 16.9. The Balaban J connectivity index is 1.87. The maximum atomic E-state index is 13.1. The molecule has 0 spiro atoms. The number of nitrogens with zero attached hydrogens (tertiary/aromatic N) is 1. The molecule has 2 rings (SSSR count). The van der Waals surface area contributed by atoms with Crippen LogP contribution in [0, 0.1) is 0 Å². The van der Waals surface area contributed by atoms with Crippen molar-refractivity contribution in [3.63, 3.8) is 0 Å². The van der Waals surface area contributed by atoms with Crippen molar-refractivity contribution in [2.45, 2.75) is 25.3 Å². The van der Waals surface area contributed by atoms with E-state index >= 15 is 0 Å². The lowest BCUT2D eigenvalue weighted by Crippen LogP contribution is -2.48. The molecule has 0 atom stereocenters. The third-order valence-corrected chi connectivity index (χ3v) is 3.37. The second-order valence-electron chi connectivity index (χ2n) is 5.21. The van der Waals surface area contributed by atoms with Crippen molar-refractivity contribution in [1.29, 1.82) is 0 Å². The lowest BCUT2D eigenvalue weighted by molar-refractivity contribution is -0.251. The normalized spacial score (nSPS) is 17.3. The second-order valence-corrected chi connectivity index (χ2v) is 5.21. The maximum Gasteiger partial charge on any atom is 0.431 e. The highest BCUT2D eigenvalue weighted by Gasteiger charge is 2.33. The monoisotopic (exact) mass is 328 g/mol. The van der Waals surface area contributed by atoms with Gasteiger partial charge < -0.3 is 14.6 Å². The SMILES string of the molecule is O=C([O-])NNC(=O)Oc1cccc(CN2CCC(F)(F)CC2)c1. The standard InChI is InChI=1S/C14H17F2N3O4/c15-14(16)4-6-19(7-5-14)9-10-2-1-3-11(8-10)23-13(22)18-17-12(20)21/h1-3,8,17H,4-7,9H2,(H,18,22)(H,20,21)/p-1. The van der Waals surface area contributed by atoms with E-state index in [9.17, 15) is 23.5 Å². The molecule has 1 saturated heterocycles. The predicted octanol–water partition coefficient (Wildman–Crippen LogP) is 0.854. The number of carboxylic acid groups (broad SMARTS) is 1. The van der Waals surface area contributed by atoms with E-state index < -0.39 is 18.1 Å². The molecule has 7 nitrogen and oxygen atoms in total. The number of hydrazine groups is 1. The molecule has 1 aromatic carbocycles. The molecule has 2 N–H and O–H groups in total. The van der Waals surface area contributed by atoms with Crippen LogP contribution >= 0.6 is 0 Å². The quantitative estimate of drug-likeness (QED) is 0.803. The van der Waals surface area contributed by atoms with Crippen molar-refractivity contribution in [3.05, 3.63) is 29.8 Å². The summed E-state index contributed by atoms with van der Waals surface area (Å²) in [5.41, 5.74) is 4.13. The van der Waals surface area contributed by atoms with Crippen LogP contribution in [-0.4, -0.2) is 36.1 Å². The van der Waals surface area contributed by atoms with Gasteiger partial charge in [0.05, 0.1) is 0 Å². The van der Waals surface area contributed by atoms with Gasteiger partial charge in [0.1, 0.15) is 5.75 Å². The van der Waals surface area contributed by atoms with Crippen LogP contribution in [0.1, 0.15) is 18.4 Å². The summed E-state index contributed by atoms with van der Waals surface area (Å²) in [7, 11) is 0. The van der Waals surface area contributed by atoms with Crippen LogP contribution < -0.4 is 20.7 Å². The van der Waals surface area contributed by atoms with Gasteiger partial charge in [-0.1, -0.05) is 12.1 Å². The van der Waals surface area contributed by atoms with E-state index in [1.807, 2.05) is 4.90 Å². The Kier molecular flexibility index (Phi) is 5.32. The van der Waals surface area contributed by atoms with Crippen LogP contribution in [0.25, 0.3) is 0 Å². The fourth-order valence-corrected chi connectivity index (χ4v) is 2.24. The van der Waals surface area contributed by atoms with Crippen LogP contribution in [0.3, 0.4) is 0 Å². The first kappa shape index (κ1) is 16.9. The van der Waals surface area contributed by atoms with E-state index in [-0.39, 0.29) is 18.6 Å². The molecule has 9 heteroatoms. The number of hydrogen-bond acceptors (Lipinski definition) is 5. The number of hydrogen-bond donors (Lipinski definition) is 2. The summed E-state index contributed by atoms with van der Waals surface area (Å²) in [6.07, 6.45) is -3.01. The molecule has 1 heterocycles. The van der Waals surface area contributed by atoms with Crippen LogP contribution in [0.4, 0.5) is 18.4 Å². The Bertz CT molecular complexity index is 573. The van der Waals surface area contributed by atoms with Crippen LogP contribution in [0.15, 0.2) is 24.3 Å². The number of rotatable bonds is 3. The van der Waals surface area contributed by atoms with E-state index in [0.29, 0.717) is 19.6 Å². The van der Waals surface area contributed by atoms with Crippen molar-refractivity contribution in [2.75, 3.05) is 13.1 Å². The molecular formula is C14H16F2N3O4-. The average molecular weight is 328 g/mol. The fourth-order valence-electron chi connectivity index (χ4n) is 2.24. The maximum absolute atomic E-state index is 13.1. The number of alkyl halides is 2. The van der Waals surface area contributed by atoms with Gasteiger partial charge in [-0.15, -0.1) is 0 Å². The van der Waals surface area contributed by atoms with Gasteiger partial charge in [-0.25, -0.2) is 19.0 Å². The lowest BCUT2D eigenvalue weighted by atomic mass is 10.1. The van der Waals surface area contributed by atoms with Gasteiger partial charge in [-0.2, -0.15) is 0 Å². The molecule has 0 saturated carbocycles. The van der Waals surface area contributed by atoms with E-state index in [0.717, 1.165) is 5.56 Å². The van der Waals surface area contributed by atoms with Gasteiger partial charge in [0.2, 0.25) is 0 Å². The van der Waals surface area contributed by atoms with Crippen molar-refractivity contribution in [2.24, 2.45) is 0 Å². The van der Waals surface area contributed by atoms with Gasteiger partial charge in [-0.3, -0.25) is 10.3 Å². The molecule has 0 unspecified atom stereocenters. The summed E-state index contributed by atoms with van der Waals surface area (Å²) in [6.45, 7) is 1.06. The van der Waals surface area contributed by atoms with Crippen molar-refractivity contribution in [1.82, 2.24) is 15.8 Å². The molecule has 0 radical (unpaired) electrons. The minimum absolute atomic E-state index is 0.166. The summed E-state index contributed by atoms with van der Waals surface area (Å²) in [5, 5.41) is 10.1.